The van der Waals surface area contributed by atoms with Gasteiger partial charge in [-0.1, -0.05) is 193 Å². The molecule has 2 heterocycles. The van der Waals surface area contributed by atoms with Gasteiger partial charge in [0.25, 0.3) is 0 Å². The summed E-state index contributed by atoms with van der Waals surface area (Å²) in [6, 6.07) is 44.8. The first-order chi connectivity index (χ1) is 34.7. The average molecular weight is 1080 g/mol. The number of aromatic hydroxyl groups is 1. The number of hydrogen-bond donors (Lipinski definition) is 1. The fraction of sp³-hybridized carbons (Fsp3) is 0.323. The summed E-state index contributed by atoms with van der Waals surface area (Å²) in [5.74, 6) is 1.18. The molecule has 8 rings (SSSR count). The Hall–Kier alpha value is -5.57. The number of nitrogens with zero attached hydrogens (tertiary/aromatic N) is 3. The first kappa shape index (κ1) is 38.4. The summed E-state index contributed by atoms with van der Waals surface area (Å²) in [5.41, 5.74) is 9.42. The van der Waals surface area contributed by atoms with Crippen molar-refractivity contribution >= 4 is 11.0 Å². The minimum absolute atomic E-state index is 0. The molecule has 0 spiro atoms. The first-order valence-electron chi connectivity index (χ1n) is 27.5. The van der Waals surface area contributed by atoms with Gasteiger partial charge in [0.1, 0.15) is 11.6 Å². The molecule has 0 saturated heterocycles. The Kier molecular flexibility index (Phi) is 10.6. The van der Waals surface area contributed by atoms with E-state index in [1.807, 2.05) is 18.2 Å². The Morgan fingerprint density at radius 1 is 0.597 bits per heavy atom. The van der Waals surface area contributed by atoms with E-state index in [1.54, 1.807) is 24.4 Å². The van der Waals surface area contributed by atoms with Crippen LogP contribution in [0.1, 0.15) is 137 Å². The third kappa shape index (κ3) is 10.3. The predicted molar refractivity (Wildman–Crippen MR) is 280 cm³/mol. The molecular weight excluding hydrogens is 998 g/mol. The third-order valence-corrected chi connectivity index (χ3v) is 12.5. The Labute approximate surface area is 427 Å². The van der Waals surface area contributed by atoms with Crippen LogP contribution in [-0.4, -0.2) is 19.6 Å². The molecule has 2 aromatic heterocycles. The number of aromatic nitrogens is 3. The van der Waals surface area contributed by atoms with Crippen LogP contribution in [0.5, 0.6) is 5.75 Å². The molecule has 6 aromatic carbocycles. The van der Waals surface area contributed by atoms with Crippen molar-refractivity contribution in [2.45, 2.75) is 125 Å². The van der Waals surface area contributed by atoms with Gasteiger partial charge in [-0.05, 0) is 103 Å². The number of phenols is 1. The Morgan fingerprint density at radius 3 is 1.91 bits per heavy atom. The van der Waals surface area contributed by atoms with E-state index < -0.39 is 26.0 Å². The van der Waals surface area contributed by atoms with Crippen molar-refractivity contribution in [1.29, 1.82) is 0 Å². The fourth-order valence-corrected chi connectivity index (χ4v) is 8.75. The van der Waals surface area contributed by atoms with Gasteiger partial charge in [0.05, 0.1) is 16.6 Å². The zero-order valence-corrected chi connectivity index (χ0v) is 42.9. The van der Waals surface area contributed by atoms with E-state index in [0.717, 1.165) is 56.5 Å². The van der Waals surface area contributed by atoms with Crippen LogP contribution >= 0.6 is 0 Å². The van der Waals surface area contributed by atoms with Crippen molar-refractivity contribution in [1.82, 2.24) is 14.5 Å². The van der Waals surface area contributed by atoms with Gasteiger partial charge in [-0.2, -0.15) is 0 Å². The molecule has 0 amide bonds. The van der Waals surface area contributed by atoms with E-state index in [4.69, 9.17) is 22.3 Å². The minimum atomic E-state index is -3.37. The second-order valence-electron chi connectivity index (χ2n) is 21.4. The molecule has 1 N–H and O–H groups in total. The van der Waals surface area contributed by atoms with Gasteiger partial charge in [0.15, 0.2) is 0 Å². The molecule has 67 heavy (non-hydrogen) atoms. The zero-order valence-electron chi connectivity index (χ0n) is 49.6. The molecule has 0 fully saturated rings. The van der Waals surface area contributed by atoms with Crippen molar-refractivity contribution in [3.63, 3.8) is 0 Å². The minimum Gasteiger partial charge on any atom is -0.507 e. The number of hydrogen-bond acceptors (Lipinski definition) is 3. The molecule has 0 bridgehead atoms. The van der Waals surface area contributed by atoms with E-state index in [0.29, 0.717) is 39.7 Å². The van der Waals surface area contributed by atoms with Crippen LogP contribution in [0.3, 0.4) is 0 Å². The Balaban J connectivity index is 0.00000840. The maximum atomic E-state index is 12.5. The average Bonchev–Trinajstić information content (AvgIpc) is 3.69. The van der Waals surface area contributed by atoms with Crippen molar-refractivity contribution in [3.8, 4) is 67.5 Å². The molecule has 5 heteroatoms. The van der Waals surface area contributed by atoms with Gasteiger partial charge in [-0.3, -0.25) is 9.55 Å². The van der Waals surface area contributed by atoms with Crippen molar-refractivity contribution in [2.75, 3.05) is 0 Å². The van der Waals surface area contributed by atoms with Crippen LogP contribution in [0.25, 0.3) is 72.7 Å². The summed E-state index contributed by atoms with van der Waals surface area (Å²) in [5, 5.41) is 12.5. The number of benzene rings is 6. The quantitative estimate of drug-likeness (QED) is 0.154. The number of imidazole rings is 1. The Morgan fingerprint density at radius 2 is 1.27 bits per heavy atom. The predicted octanol–water partition coefficient (Wildman–Crippen LogP) is 16.6. The largest absolute Gasteiger partial charge is 0.507 e. The van der Waals surface area contributed by atoms with Crippen LogP contribution < -0.4 is 0 Å². The summed E-state index contributed by atoms with van der Waals surface area (Å²) >= 11 is 0. The molecule has 0 atom stereocenters. The molecule has 8 aromatic rings. The van der Waals surface area contributed by atoms with Crippen LogP contribution in [-0.2, 0) is 49.1 Å². The summed E-state index contributed by atoms with van der Waals surface area (Å²) in [6.45, 7) is 13.7. The molecule has 0 unspecified atom stereocenters. The summed E-state index contributed by atoms with van der Waals surface area (Å²) in [7, 11) is 0. The van der Waals surface area contributed by atoms with Gasteiger partial charge in [0.2, 0.25) is 0 Å². The van der Waals surface area contributed by atoms with Crippen LogP contribution in [0.15, 0.2) is 134 Å². The van der Waals surface area contributed by atoms with Gasteiger partial charge < -0.3 is 5.11 Å². The first-order valence-corrected chi connectivity index (χ1v) is 23.0. The number of pyridine rings is 1. The van der Waals surface area contributed by atoms with E-state index in [9.17, 15) is 5.11 Å². The molecular formula is C62H68N3OPt-. The van der Waals surface area contributed by atoms with Crippen LogP contribution in [0.2, 0.25) is 0 Å². The molecule has 0 aliphatic rings. The normalized spacial score (nSPS) is 15.0. The topological polar surface area (TPSA) is 50.9 Å². The Bertz CT molecular complexity index is 3370. The van der Waals surface area contributed by atoms with Crippen LogP contribution in [0, 0.1) is 12.0 Å². The summed E-state index contributed by atoms with van der Waals surface area (Å²) in [6.07, 6.45) is 2.52. The molecule has 0 radical (unpaired) electrons. The van der Waals surface area contributed by atoms with E-state index in [1.165, 1.54) is 23.3 Å². The second kappa shape index (κ2) is 18.5. The van der Waals surface area contributed by atoms with E-state index in [-0.39, 0.29) is 48.6 Å². The third-order valence-electron chi connectivity index (χ3n) is 12.5. The summed E-state index contributed by atoms with van der Waals surface area (Å²) < 4.78 is 76.1. The standard InChI is InChI=1S/C62H68N3O.Pt/c1-39(2)31-43-35-49(27-28-50(43)41-19-16-15-17-20-41)65-55-22-18-21-51(56(55)64-58(65)52-37-48(61(9,10)11)38-53(57(52)66)62(12,13)14)44-32-45(34-47(33-44)60(6,7)8)54-36-42(29-30-63-54)40-23-25-46(26-24-40)59(3,4)5;/h15-30,33-39,66H,31H2,1-14H3;/q-1;/i3D3,4D3,5D3;. The van der Waals surface area contributed by atoms with E-state index >= 15 is 0 Å². The van der Waals surface area contributed by atoms with E-state index in [2.05, 4.69) is 166 Å². The molecule has 4 nitrogen and oxygen atoms in total. The van der Waals surface area contributed by atoms with Crippen molar-refractivity contribution in [2.24, 2.45) is 5.92 Å². The second-order valence-corrected chi connectivity index (χ2v) is 21.4. The SMILES string of the molecule is [2H]C([2H])([2H])C(c1ccc(-c2ccnc(-c3[c-]c(-c4cccc5c4nc(-c4cc(C(C)(C)C)cc(C(C)(C)C)c4O)n5-c4ccc(-c5ccccc5)c(CC(C)C)c4)cc(C(C)(C)C)c3)c2)cc1)(C([2H])([2H])[2H])C([2H])([2H])[2H].[Pt]. The maximum absolute atomic E-state index is 12.5. The van der Waals surface area contributed by atoms with Gasteiger partial charge >= 0.3 is 0 Å². The summed E-state index contributed by atoms with van der Waals surface area (Å²) in [4.78, 5) is 10.4. The monoisotopic (exact) mass is 1070 g/mol. The number of para-hydroxylation sites is 1. The van der Waals surface area contributed by atoms with Crippen molar-refractivity contribution < 1.29 is 38.5 Å². The smallest absolute Gasteiger partial charge is 0.148 e. The van der Waals surface area contributed by atoms with Gasteiger partial charge in [0, 0.05) is 56.5 Å². The number of rotatable bonds is 8. The zero-order chi connectivity index (χ0) is 55.0. The van der Waals surface area contributed by atoms with Gasteiger partial charge in [-0.15, -0.1) is 29.3 Å². The van der Waals surface area contributed by atoms with Crippen LogP contribution in [0.4, 0.5) is 0 Å². The maximum Gasteiger partial charge on any atom is 0.148 e. The van der Waals surface area contributed by atoms with Gasteiger partial charge in [-0.25, -0.2) is 4.98 Å². The molecule has 0 saturated carbocycles. The van der Waals surface area contributed by atoms with Crippen molar-refractivity contribution in [3.05, 3.63) is 167 Å². The molecule has 348 valence electrons. The molecule has 0 aliphatic heterocycles. The number of phenolic OH excluding ortho intramolecular Hbond substituents is 1. The fourth-order valence-electron chi connectivity index (χ4n) is 8.75. The molecule has 0 aliphatic carbocycles. The number of fused-ring (bicyclic) bond motifs is 1.